The molecule has 154 valence electrons. The molecule has 0 N–H and O–H groups in total. The molecule has 3 rings (SSSR count). The van der Waals surface area contributed by atoms with Crippen molar-refractivity contribution in [1.82, 2.24) is 9.80 Å². The maximum atomic E-state index is 12.7. The van der Waals surface area contributed by atoms with Gasteiger partial charge in [-0.15, -0.1) is 0 Å². The van der Waals surface area contributed by atoms with Crippen LogP contribution in [0.15, 0.2) is 24.3 Å². The van der Waals surface area contributed by atoms with Gasteiger partial charge in [0.15, 0.2) is 0 Å². The summed E-state index contributed by atoms with van der Waals surface area (Å²) in [5.74, 6) is -0.211. The summed E-state index contributed by atoms with van der Waals surface area (Å²) in [5, 5.41) is 0. The Kier molecular flexibility index (Phi) is 5.34. The molecule has 5 nitrogen and oxygen atoms in total. The van der Waals surface area contributed by atoms with Crippen molar-refractivity contribution in [3.63, 3.8) is 0 Å². The lowest BCUT2D eigenvalue weighted by atomic mass is 10.1. The van der Waals surface area contributed by atoms with Crippen LogP contribution in [-0.4, -0.2) is 53.6 Å². The van der Waals surface area contributed by atoms with Crippen molar-refractivity contribution < 1.29 is 27.5 Å². The number of benzene rings is 1. The average molecular weight is 398 g/mol. The predicted octanol–water partition coefficient (Wildman–Crippen LogP) is 3.89. The molecule has 0 bridgehead atoms. The van der Waals surface area contributed by atoms with E-state index >= 15 is 0 Å². The zero-order chi connectivity index (χ0) is 20.7. The van der Waals surface area contributed by atoms with E-state index in [4.69, 9.17) is 4.74 Å². The van der Waals surface area contributed by atoms with Crippen molar-refractivity contribution in [2.75, 3.05) is 26.2 Å². The molecule has 1 aromatic carbocycles. The quantitative estimate of drug-likeness (QED) is 0.760. The second-order valence-corrected chi connectivity index (χ2v) is 8.36. The highest BCUT2D eigenvalue weighted by molar-refractivity contribution is 5.83. The van der Waals surface area contributed by atoms with E-state index in [9.17, 15) is 22.8 Å². The minimum absolute atomic E-state index is 0.00809. The number of rotatable bonds is 2. The fourth-order valence-electron chi connectivity index (χ4n) is 3.43. The van der Waals surface area contributed by atoms with Crippen molar-refractivity contribution in [2.24, 2.45) is 5.92 Å². The lowest BCUT2D eigenvalue weighted by Gasteiger charge is -2.35. The molecule has 28 heavy (non-hydrogen) atoms. The third-order valence-corrected chi connectivity index (χ3v) is 5.02. The zero-order valence-electron chi connectivity index (χ0n) is 16.3. The van der Waals surface area contributed by atoms with Crippen LogP contribution in [0, 0.1) is 5.92 Å². The van der Waals surface area contributed by atoms with Crippen molar-refractivity contribution in [1.29, 1.82) is 0 Å². The van der Waals surface area contributed by atoms with Gasteiger partial charge in [0.1, 0.15) is 5.60 Å². The predicted molar refractivity (Wildman–Crippen MR) is 96.7 cm³/mol. The third kappa shape index (κ3) is 4.77. The monoisotopic (exact) mass is 398 g/mol. The zero-order valence-corrected chi connectivity index (χ0v) is 16.3. The molecule has 1 saturated carbocycles. The smallest absolute Gasteiger partial charge is 0.416 e. The summed E-state index contributed by atoms with van der Waals surface area (Å²) in [6.45, 7) is 7.12. The number of carbonyl (C=O) groups excluding carboxylic acids is 2. The molecule has 0 spiro atoms. The van der Waals surface area contributed by atoms with E-state index in [0.29, 0.717) is 32.6 Å². The van der Waals surface area contributed by atoms with Gasteiger partial charge in [0.2, 0.25) is 5.91 Å². The summed E-state index contributed by atoms with van der Waals surface area (Å²) in [4.78, 5) is 28.1. The van der Waals surface area contributed by atoms with Crippen LogP contribution in [-0.2, 0) is 15.7 Å². The molecule has 0 unspecified atom stereocenters. The highest BCUT2D eigenvalue weighted by atomic mass is 19.4. The average Bonchev–Trinajstić information content (AvgIpc) is 3.40. The molecule has 1 aliphatic heterocycles. The van der Waals surface area contributed by atoms with Crippen LogP contribution in [0.25, 0.3) is 0 Å². The largest absolute Gasteiger partial charge is 0.444 e. The number of hydrogen-bond acceptors (Lipinski definition) is 3. The van der Waals surface area contributed by atoms with Crippen LogP contribution >= 0.6 is 0 Å². The second-order valence-electron chi connectivity index (χ2n) is 8.36. The first-order valence-electron chi connectivity index (χ1n) is 9.39. The lowest BCUT2D eigenvalue weighted by molar-refractivity contribution is -0.137. The SMILES string of the molecule is CC(C)(C)OC(=O)N1CCN(C(=O)[C@@H]2C[C@@H]2c2ccc(C(F)(F)F)cc2)CC1. The Morgan fingerprint density at radius 1 is 0.964 bits per heavy atom. The molecule has 1 aliphatic carbocycles. The number of piperazine rings is 1. The fraction of sp³-hybridized carbons (Fsp3) is 0.600. The number of halogens is 3. The lowest BCUT2D eigenvalue weighted by Crippen LogP contribution is -2.52. The molecule has 0 radical (unpaired) electrons. The molecule has 2 aliphatic rings. The molecular weight excluding hydrogens is 373 g/mol. The van der Waals surface area contributed by atoms with Gasteiger partial charge in [-0.1, -0.05) is 12.1 Å². The molecule has 0 aromatic heterocycles. The van der Waals surface area contributed by atoms with Gasteiger partial charge in [-0.05, 0) is 50.8 Å². The Bertz CT molecular complexity index is 733. The number of nitrogens with zero attached hydrogens (tertiary/aromatic N) is 2. The molecule has 2 atom stereocenters. The van der Waals surface area contributed by atoms with E-state index in [2.05, 4.69) is 0 Å². The Morgan fingerprint density at radius 2 is 1.50 bits per heavy atom. The van der Waals surface area contributed by atoms with E-state index in [-0.39, 0.29) is 23.8 Å². The molecule has 1 aromatic rings. The molecule has 1 heterocycles. The minimum atomic E-state index is -4.36. The number of alkyl halides is 3. The summed E-state index contributed by atoms with van der Waals surface area (Å²) in [6, 6.07) is 5.05. The Hall–Kier alpha value is -2.25. The van der Waals surface area contributed by atoms with Crippen LogP contribution in [0.2, 0.25) is 0 Å². The van der Waals surface area contributed by atoms with Crippen LogP contribution in [0.3, 0.4) is 0 Å². The maximum absolute atomic E-state index is 12.7. The van der Waals surface area contributed by atoms with Gasteiger partial charge < -0.3 is 14.5 Å². The van der Waals surface area contributed by atoms with Gasteiger partial charge in [-0.25, -0.2) is 4.79 Å². The van der Waals surface area contributed by atoms with Crippen LogP contribution in [0.5, 0.6) is 0 Å². The van der Waals surface area contributed by atoms with E-state index in [0.717, 1.165) is 17.7 Å². The van der Waals surface area contributed by atoms with Crippen molar-refractivity contribution in [2.45, 2.75) is 44.9 Å². The van der Waals surface area contributed by atoms with E-state index in [1.54, 1.807) is 30.6 Å². The number of hydrogen-bond donors (Lipinski definition) is 0. The van der Waals surface area contributed by atoms with Crippen LogP contribution < -0.4 is 0 Å². The minimum Gasteiger partial charge on any atom is -0.444 e. The summed E-state index contributed by atoms with van der Waals surface area (Å²) < 4.78 is 43.3. The van der Waals surface area contributed by atoms with E-state index in [1.807, 2.05) is 0 Å². The van der Waals surface area contributed by atoms with Crippen molar-refractivity contribution >= 4 is 12.0 Å². The van der Waals surface area contributed by atoms with Gasteiger partial charge >= 0.3 is 12.3 Å². The maximum Gasteiger partial charge on any atom is 0.416 e. The molecular formula is C20H25F3N2O3. The number of ether oxygens (including phenoxy) is 1. The number of amides is 2. The Labute approximate surface area is 162 Å². The van der Waals surface area contributed by atoms with Gasteiger partial charge in [0.25, 0.3) is 0 Å². The third-order valence-electron chi connectivity index (χ3n) is 5.02. The Balaban J connectivity index is 1.51. The van der Waals surface area contributed by atoms with Crippen LogP contribution in [0.1, 0.15) is 44.2 Å². The molecule has 2 fully saturated rings. The molecule has 1 saturated heterocycles. The van der Waals surface area contributed by atoms with E-state index < -0.39 is 17.3 Å². The highest BCUT2D eigenvalue weighted by Gasteiger charge is 2.46. The van der Waals surface area contributed by atoms with E-state index in [1.165, 1.54) is 12.1 Å². The summed E-state index contributed by atoms with van der Waals surface area (Å²) in [7, 11) is 0. The topological polar surface area (TPSA) is 49.9 Å². The highest BCUT2D eigenvalue weighted by Crippen LogP contribution is 2.49. The van der Waals surface area contributed by atoms with Crippen molar-refractivity contribution in [3.05, 3.63) is 35.4 Å². The number of carbonyl (C=O) groups is 2. The standard InChI is InChI=1S/C20H25F3N2O3/c1-19(2,3)28-18(27)25-10-8-24(9-11-25)17(26)16-12-15(16)13-4-6-14(7-5-13)20(21,22)23/h4-7,15-16H,8-12H2,1-3H3/t15-,16-/m1/s1. The Morgan fingerprint density at radius 3 is 2.00 bits per heavy atom. The molecule has 8 heteroatoms. The molecule has 2 amide bonds. The van der Waals surface area contributed by atoms with Crippen LogP contribution in [0.4, 0.5) is 18.0 Å². The second kappa shape index (κ2) is 7.29. The van der Waals surface area contributed by atoms with Gasteiger partial charge in [-0.3, -0.25) is 4.79 Å². The van der Waals surface area contributed by atoms with Crippen molar-refractivity contribution in [3.8, 4) is 0 Å². The fourth-order valence-corrected chi connectivity index (χ4v) is 3.43. The first kappa shape index (κ1) is 20.5. The normalized spacial score (nSPS) is 22.8. The first-order valence-corrected chi connectivity index (χ1v) is 9.39. The summed E-state index contributed by atoms with van der Waals surface area (Å²) in [5.41, 5.74) is -0.482. The summed E-state index contributed by atoms with van der Waals surface area (Å²) >= 11 is 0. The van der Waals surface area contributed by atoms with Gasteiger partial charge in [-0.2, -0.15) is 13.2 Å². The summed E-state index contributed by atoms with van der Waals surface area (Å²) in [6.07, 6.45) is -4.09. The van der Waals surface area contributed by atoms with Gasteiger partial charge in [0, 0.05) is 32.1 Å². The first-order chi connectivity index (χ1) is 13.0. The van der Waals surface area contributed by atoms with Gasteiger partial charge in [0.05, 0.1) is 5.56 Å².